The lowest BCUT2D eigenvalue weighted by atomic mass is 10.1. The minimum atomic E-state index is -1.08. The molecular weight excluding hydrogens is 279 g/mol. The summed E-state index contributed by atoms with van der Waals surface area (Å²) in [7, 11) is 0. The van der Waals surface area contributed by atoms with Gasteiger partial charge in [0.05, 0.1) is 0 Å². The summed E-state index contributed by atoms with van der Waals surface area (Å²) in [6.07, 6.45) is 2.00. The van der Waals surface area contributed by atoms with Gasteiger partial charge in [0.25, 0.3) is 0 Å². The van der Waals surface area contributed by atoms with Crippen LogP contribution in [0.1, 0.15) is 18.4 Å². The Balaban J connectivity index is 0.00000191. The van der Waals surface area contributed by atoms with Crippen LogP contribution in [0.4, 0.5) is 4.39 Å². The molecule has 0 heterocycles. The first-order valence-corrected chi connectivity index (χ1v) is 6.08. The largest absolute Gasteiger partial charge is 0.504 e. The SMILES string of the molecule is C=N.NNCCCC(N=Cc1cccc(F)c1O)C(=O)O. The molecule has 1 atom stereocenters. The summed E-state index contributed by atoms with van der Waals surface area (Å²) in [5.41, 5.74) is 2.56. The number of carboxylic acid groups (broad SMARTS) is 1. The fourth-order valence-electron chi connectivity index (χ4n) is 1.47. The van der Waals surface area contributed by atoms with E-state index in [1.54, 1.807) is 0 Å². The standard InChI is InChI=1S/C12H16FN3O3.CH3N/c13-9-4-1-3-8(11(9)17)7-15-10(12(18)19)5-2-6-16-14;1-2/h1,3-4,7,10,16-17H,2,5-6,14H2,(H,18,19);2H,1H2. The lowest BCUT2D eigenvalue weighted by molar-refractivity contribution is -0.138. The third kappa shape index (κ3) is 6.59. The molecule has 116 valence electrons. The average molecular weight is 298 g/mol. The highest BCUT2D eigenvalue weighted by Crippen LogP contribution is 2.19. The first-order chi connectivity index (χ1) is 10.1. The summed E-state index contributed by atoms with van der Waals surface area (Å²) >= 11 is 0. The normalized spacial score (nSPS) is 11.7. The van der Waals surface area contributed by atoms with Crippen LogP contribution in [-0.4, -0.2) is 41.7 Å². The Morgan fingerprint density at radius 1 is 1.57 bits per heavy atom. The van der Waals surface area contributed by atoms with Gasteiger partial charge in [0.2, 0.25) is 0 Å². The lowest BCUT2D eigenvalue weighted by Gasteiger charge is -2.07. The molecule has 7 nitrogen and oxygen atoms in total. The maximum absolute atomic E-state index is 13.1. The number of carbonyl (C=O) groups is 1. The number of phenols is 1. The Hall–Kier alpha value is -2.32. The van der Waals surface area contributed by atoms with Crippen LogP contribution in [-0.2, 0) is 4.79 Å². The summed E-state index contributed by atoms with van der Waals surface area (Å²) in [6, 6.07) is 3.01. The Labute approximate surface area is 121 Å². The number of aliphatic carboxylic acids is 1. The molecule has 0 fully saturated rings. The van der Waals surface area contributed by atoms with Crippen molar-refractivity contribution < 1.29 is 19.4 Å². The fourth-order valence-corrected chi connectivity index (χ4v) is 1.47. The van der Waals surface area contributed by atoms with Gasteiger partial charge in [-0.2, -0.15) is 0 Å². The zero-order valence-electron chi connectivity index (χ0n) is 11.4. The van der Waals surface area contributed by atoms with E-state index in [9.17, 15) is 14.3 Å². The summed E-state index contributed by atoms with van der Waals surface area (Å²) in [5.74, 6) is 2.68. The van der Waals surface area contributed by atoms with Crippen molar-refractivity contribution in [2.75, 3.05) is 6.54 Å². The van der Waals surface area contributed by atoms with Crippen LogP contribution in [0, 0.1) is 11.2 Å². The van der Waals surface area contributed by atoms with Gasteiger partial charge in [-0.25, -0.2) is 9.18 Å². The predicted molar refractivity (Wildman–Crippen MR) is 78.3 cm³/mol. The molecule has 0 saturated carbocycles. The molecule has 1 aromatic rings. The summed E-state index contributed by atoms with van der Waals surface area (Å²) in [6.45, 7) is 2.98. The van der Waals surface area contributed by atoms with Crippen molar-refractivity contribution in [2.45, 2.75) is 18.9 Å². The highest BCUT2D eigenvalue weighted by Gasteiger charge is 2.15. The van der Waals surface area contributed by atoms with E-state index >= 15 is 0 Å². The number of hydrogen-bond donors (Lipinski definition) is 5. The first-order valence-electron chi connectivity index (χ1n) is 6.08. The van der Waals surface area contributed by atoms with Gasteiger partial charge < -0.3 is 15.6 Å². The van der Waals surface area contributed by atoms with Gasteiger partial charge in [0, 0.05) is 18.3 Å². The van der Waals surface area contributed by atoms with E-state index < -0.39 is 23.6 Å². The second kappa shape index (κ2) is 10.5. The van der Waals surface area contributed by atoms with Crippen LogP contribution in [0.2, 0.25) is 0 Å². The fraction of sp³-hybridized carbons (Fsp3) is 0.308. The van der Waals surface area contributed by atoms with Gasteiger partial charge >= 0.3 is 5.97 Å². The number of hydrogen-bond acceptors (Lipinski definition) is 6. The second-order valence-electron chi connectivity index (χ2n) is 3.91. The molecule has 0 amide bonds. The molecule has 6 N–H and O–H groups in total. The molecule has 0 spiro atoms. The third-order valence-corrected chi connectivity index (χ3v) is 2.50. The number of para-hydroxylation sites is 1. The zero-order valence-corrected chi connectivity index (χ0v) is 11.4. The molecule has 0 aliphatic carbocycles. The number of aliphatic imine (C=N–C) groups is 1. The van der Waals surface area contributed by atoms with E-state index in [1.807, 2.05) is 0 Å². The Kier molecular flexibility index (Phi) is 9.31. The monoisotopic (exact) mass is 298 g/mol. The number of hydrazine groups is 1. The van der Waals surface area contributed by atoms with E-state index in [0.29, 0.717) is 19.4 Å². The molecule has 0 saturated heterocycles. The zero-order chi connectivity index (χ0) is 16.3. The minimum absolute atomic E-state index is 0.142. The smallest absolute Gasteiger partial charge is 0.328 e. The molecule has 1 unspecified atom stereocenters. The van der Waals surface area contributed by atoms with E-state index in [-0.39, 0.29) is 5.56 Å². The highest BCUT2D eigenvalue weighted by molar-refractivity contribution is 5.86. The van der Waals surface area contributed by atoms with Gasteiger partial charge in [0.1, 0.15) is 6.04 Å². The van der Waals surface area contributed by atoms with E-state index in [2.05, 4.69) is 17.1 Å². The van der Waals surface area contributed by atoms with Crippen molar-refractivity contribution in [2.24, 2.45) is 10.8 Å². The molecule has 0 radical (unpaired) electrons. The number of benzene rings is 1. The molecule has 0 bridgehead atoms. The minimum Gasteiger partial charge on any atom is -0.504 e. The summed E-state index contributed by atoms with van der Waals surface area (Å²) < 4.78 is 13.1. The molecule has 8 heteroatoms. The van der Waals surface area contributed by atoms with E-state index in [1.165, 1.54) is 12.1 Å². The van der Waals surface area contributed by atoms with Gasteiger partial charge in [-0.1, -0.05) is 6.07 Å². The average Bonchev–Trinajstić information content (AvgIpc) is 2.48. The third-order valence-electron chi connectivity index (χ3n) is 2.50. The quantitative estimate of drug-likeness (QED) is 0.221. The van der Waals surface area contributed by atoms with E-state index in [0.717, 1.165) is 12.3 Å². The maximum Gasteiger partial charge on any atom is 0.328 e. The first kappa shape index (κ1) is 18.7. The van der Waals surface area contributed by atoms with Gasteiger partial charge in [-0.3, -0.25) is 16.3 Å². The number of phenolic OH excluding ortho intramolecular Hbond substituents is 1. The van der Waals surface area contributed by atoms with Gasteiger partial charge in [-0.15, -0.1) is 0 Å². The van der Waals surface area contributed by atoms with Crippen LogP contribution in [0.5, 0.6) is 5.75 Å². The molecule has 21 heavy (non-hydrogen) atoms. The van der Waals surface area contributed by atoms with Gasteiger partial charge in [-0.05, 0) is 31.7 Å². The number of carboxylic acids is 1. The van der Waals surface area contributed by atoms with Crippen molar-refractivity contribution in [3.05, 3.63) is 29.6 Å². The van der Waals surface area contributed by atoms with Crippen molar-refractivity contribution in [3.63, 3.8) is 0 Å². The number of nitrogens with zero attached hydrogens (tertiary/aromatic N) is 1. The number of aromatic hydroxyl groups is 1. The Morgan fingerprint density at radius 2 is 2.24 bits per heavy atom. The predicted octanol–water partition coefficient (Wildman–Crippen LogP) is 0.913. The van der Waals surface area contributed by atoms with Crippen molar-refractivity contribution in [1.82, 2.24) is 5.43 Å². The summed E-state index contributed by atoms with van der Waals surface area (Å²) in [5, 5.41) is 23.9. The maximum atomic E-state index is 13.1. The van der Waals surface area contributed by atoms with E-state index in [4.69, 9.17) is 16.4 Å². The van der Waals surface area contributed by atoms with Crippen LogP contribution in [0.25, 0.3) is 0 Å². The summed E-state index contributed by atoms with van der Waals surface area (Å²) in [4.78, 5) is 14.8. The van der Waals surface area contributed by atoms with Crippen LogP contribution < -0.4 is 11.3 Å². The van der Waals surface area contributed by atoms with Crippen LogP contribution in [0.3, 0.4) is 0 Å². The lowest BCUT2D eigenvalue weighted by Crippen LogP contribution is -2.25. The highest BCUT2D eigenvalue weighted by atomic mass is 19.1. The number of nitrogens with two attached hydrogens (primary N) is 1. The second-order valence-corrected chi connectivity index (χ2v) is 3.91. The number of nitrogens with one attached hydrogen (secondary N) is 2. The molecule has 0 aliphatic rings. The Bertz CT molecular complexity index is 482. The number of rotatable bonds is 7. The number of halogens is 1. The molecule has 1 aromatic carbocycles. The van der Waals surface area contributed by atoms with Crippen LogP contribution in [0.15, 0.2) is 23.2 Å². The molecular formula is C13H19FN4O3. The Morgan fingerprint density at radius 3 is 2.81 bits per heavy atom. The topological polar surface area (TPSA) is 132 Å². The molecule has 1 rings (SSSR count). The molecule has 0 aliphatic heterocycles. The van der Waals surface area contributed by atoms with Crippen molar-refractivity contribution >= 4 is 18.9 Å². The van der Waals surface area contributed by atoms with Crippen LogP contribution >= 0.6 is 0 Å². The van der Waals surface area contributed by atoms with Crippen molar-refractivity contribution in [1.29, 1.82) is 5.41 Å². The van der Waals surface area contributed by atoms with Crippen molar-refractivity contribution in [3.8, 4) is 5.75 Å². The molecule has 0 aromatic heterocycles. The van der Waals surface area contributed by atoms with Gasteiger partial charge in [0.15, 0.2) is 11.6 Å².